The van der Waals surface area contributed by atoms with Crippen molar-refractivity contribution >= 4 is 24.0 Å². The second-order valence-electron chi connectivity index (χ2n) is 5.52. The summed E-state index contributed by atoms with van der Waals surface area (Å²) in [5.74, 6) is 0.218. The molecule has 0 aromatic heterocycles. The average Bonchev–Trinajstić information content (AvgIpc) is 2.80. The van der Waals surface area contributed by atoms with Gasteiger partial charge in [-0.05, 0) is 37.0 Å². The summed E-state index contributed by atoms with van der Waals surface area (Å²) in [4.78, 5) is 12.1. The van der Waals surface area contributed by atoms with Crippen LogP contribution in [0.25, 0.3) is 0 Å². The van der Waals surface area contributed by atoms with Crippen LogP contribution in [0.3, 0.4) is 0 Å². The van der Waals surface area contributed by atoms with Crippen LogP contribution >= 0.6 is 12.4 Å². The number of hydrogen-bond donors (Lipinski definition) is 2. The lowest BCUT2D eigenvalue weighted by molar-refractivity contribution is -0.129. The monoisotopic (exact) mass is 282 g/mol. The van der Waals surface area contributed by atoms with Gasteiger partial charge < -0.3 is 11.1 Å². The van der Waals surface area contributed by atoms with E-state index in [-0.39, 0.29) is 23.7 Å². The van der Waals surface area contributed by atoms with Crippen molar-refractivity contribution in [2.45, 2.75) is 39.0 Å². The third-order valence-electron chi connectivity index (χ3n) is 3.93. The van der Waals surface area contributed by atoms with Gasteiger partial charge in [-0.3, -0.25) is 4.79 Å². The van der Waals surface area contributed by atoms with Gasteiger partial charge in [-0.1, -0.05) is 31.9 Å². The molecule has 0 spiro atoms. The molecule has 1 amide bonds. The molecule has 1 aromatic carbocycles. The van der Waals surface area contributed by atoms with Gasteiger partial charge >= 0.3 is 0 Å². The Morgan fingerprint density at radius 3 is 2.42 bits per heavy atom. The zero-order valence-corrected chi connectivity index (χ0v) is 12.3. The maximum absolute atomic E-state index is 12.1. The van der Waals surface area contributed by atoms with Crippen LogP contribution in [0.4, 0.5) is 5.69 Å². The summed E-state index contributed by atoms with van der Waals surface area (Å²) in [6.45, 7) is 2.79. The van der Waals surface area contributed by atoms with Crippen molar-refractivity contribution in [2.75, 3.05) is 12.3 Å². The van der Waals surface area contributed by atoms with Crippen molar-refractivity contribution in [2.24, 2.45) is 5.41 Å². The van der Waals surface area contributed by atoms with Crippen LogP contribution in [0.2, 0.25) is 0 Å². The van der Waals surface area contributed by atoms with E-state index in [1.54, 1.807) is 0 Å². The summed E-state index contributed by atoms with van der Waals surface area (Å²) in [5.41, 5.74) is 7.50. The standard InChI is InChI=1S/C15H22N2O.ClH/c1-15(9-2-3-10-15)14(18)17-11-8-12-4-6-13(16)7-5-12;/h4-7H,2-3,8-11,16H2,1H3,(H,17,18);1H. The summed E-state index contributed by atoms with van der Waals surface area (Å²) in [5, 5.41) is 3.06. The van der Waals surface area contributed by atoms with Gasteiger partial charge in [0.05, 0.1) is 0 Å². The molecule has 3 nitrogen and oxygen atoms in total. The molecule has 19 heavy (non-hydrogen) atoms. The highest BCUT2D eigenvalue weighted by atomic mass is 35.5. The first-order valence-corrected chi connectivity index (χ1v) is 6.73. The van der Waals surface area contributed by atoms with E-state index in [9.17, 15) is 4.79 Å². The van der Waals surface area contributed by atoms with Crippen LogP contribution in [0, 0.1) is 5.41 Å². The number of nitrogens with one attached hydrogen (secondary N) is 1. The normalized spacial score (nSPS) is 16.7. The Hall–Kier alpha value is -1.22. The van der Waals surface area contributed by atoms with Crippen LogP contribution in [-0.4, -0.2) is 12.5 Å². The molecule has 1 saturated carbocycles. The molecule has 1 fully saturated rings. The Kier molecular flexibility index (Phi) is 5.67. The number of carbonyl (C=O) groups excluding carboxylic acids is 1. The van der Waals surface area contributed by atoms with Gasteiger partial charge in [0, 0.05) is 17.6 Å². The first-order valence-electron chi connectivity index (χ1n) is 6.73. The van der Waals surface area contributed by atoms with E-state index < -0.39 is 0 Å². The molecule has 1 aliphatic carbocycles. The van der Waals surface area contributed by atoms with E-state index in [0.29, 0.717) is 6.54 Å². The Labute approximate surface area is 121 Å². The minimum atomic E-state index is -0.124. The third kappa shape index (κ3) is 4.13. The van der Waals surface area contributed by atoms with Gasteiger partial charge in [0.2, 0.25) is 5.91 Å². The molecule has 3 N–H and O–H groups in total. The van der Waals surface area contributed by atoms with Gasteiger partial charge in [-0.15, -0.1) is 12.4 Å². The van der Waals surface area contributed by atoms with Crippen molar-refractivity contribution in [1.82, 2.24) is 5.32 Å². The summed E-state index contributed by atoms with van der Waals surface area (Å²) < 4.78 is 0. The van der Waals surface area contributed by atoms with E-state index in [4.69, 9.17) is 5.73 Å². The third-order valence-corrected chi connectivity index (χ3v) is 3.93. The predicted octanol–water partition coefficient (Wildman–Crippen LogP) is 2.93. The van der Waals surface area contributed by atoms with E-state index in [1.165, 1.54) is 18.4 Å². The molecular weight excluding hydrogens is 260 g/mol. The lowest BCUT2D eigenvalue weighted by Crippen LogP contribution is -2.38. The number of amides is 1. The molecular formula is C15H23ClN2O. The molecule has 106 valence electrons. The molecule has 0 atom stereocenters. The minimum Gasteiger partial charge on any atom is -0.399 e. The number of nitrogen functional groups attached to an aromatic ring is 1. The zero-order chi connectivity index (χ0) is 13.0. The Balaban J connectivity index is 0.00000180. The van der Waals surface area contributed by atoms with E-state index in [1.807, 2.05) is 24.3 Å². The van der Waals surface area contributed by atoms with Crippen molar-refractivity contribution in [3.05, 3.63) is 29.8 Å². The smallest absolute Gasteiger partial charge is 0.225 e. The highest BCUT2D eigenvalue weighted by molar-refractivity contribution is 5.85. The van der Waals surface area contributed by atoms with Crippen LogP contribution < -0.4 is 11.1 Å². The molecule has 0 saturated heterocycles. The molecule has 0 aliphatic heterocycles. The minimum absolute atomic E-state index is 0. The quantitative estimate of drug-likeness (QED) is 0.834. The van der Waals surface area contributed by atoms with E-state index >= 15 is 0 Å². The number of carbonyl (C=O) groups is 1. The largest absolute Gasteiger partial charge is 0.399 e. The number of halogens is 1. The van der Waals surface area contributed by atoms with Crippen molar-refractivity contribution in [3.8, 4) is 0 Å². The Bertz CT molecular complexity index is 411. The fourth-order valence-corrected chi connectivity index (χ4v) is 2.60. The molecule has 1 aromatic rings. The fraction of sp³-hybridized carbons (Fsp3) is 0.533. The van der Waals surface area contributed by atoms with Crippen molar-refractivity contribution in [1.29, 1.82) is 0 Å². The van der Waals surface area contributed by atoms with Gasteiger partial charge in [0.1, 0.15) is 0 Å². The Morgan fingerprint density at radius 2 is 1.84 bits per heavy atom. The average molecular weight is 283 g/mol. The molecule has 4 heteroatoms. The van der Waals surface area contributed by atoms with E-state index in [2.05, 4.69) is 12.2 Å². The van der Waals surface area contributed by atoms with Gasteiger partial charge in [-0.2, -0.15) is 0 Å². The van der Waals surface area contributed by atoms with Gasteiger partial charge in [-0.25, -0.2) is 0 Å². The molecule has 0 unspecified atom stereocenters. The van der Waals surface area contributed by atoms with Gasteiger partial charge in [0.15, 0.2) is 0 Å². The first-order chi connectivity index (χ1) is 8.60. The van der Waals surface area contributed by atoms with Crippen LogP contribution in [0.15, 0.2) is 24.3 Å². The SMILES string of the molecule is CC1(C(=O)NCCc2ccc(N)cc2)CCCC1.Cl. The summed E-state index contributed by atoms with van der Waals surface area (Å²) >= 11 is 0. The predicted molar refractivity (Wildman–Crippen MR) is 81.4 cm³/mol. The maximum atomic E-state index is 12.1. The molecule has 0 bridgehead atoms. The molecule has 0 radical (unpaired) electrons. The van der Waals surface area contributed by atoms with Crippen LogP contribution in [-0.2, 0) is 11.2 Å². The van der Waals surface area contributed by atoms with Gasteiger partial charge in [0.25, 0.3) is 0 Å². The summed E-state index contributed by atoms with van der Waals surface area (Å²) in [6, 6.07) is 7.82. The number of rotatable bonds is 4. The number of hydrogen-bond acceptors (Lipinski definition) is 2. The van der Waals surface area contributed by atoms with Crippen LogP contribution in [0.1, 0.15) is 38.2 Å². The first kappa shape index (κ1) is 15.8. The van der Waals surface area contributed by atoms with Crippen molar-refractivity contribution in [3.63, 3.8) is 0 Å². The second-order valence-corrected chi connectivity index (χ2v) is 5.52. The van der Waals surface area contributed by atoms with E-state index in [0.717, 1.165) is 24.9 Å². The second kappa shape index (κ2) is 6.80. The lowest BCUT2D eigenvalue weighted by atomic mass is 9.88. The molecule has 2 rings (SSSR count). The number of anilines is 1. The highest BCUT2D eigenvalue weighted by Crippen LogP contribution is 2.37. The molecule has 0 heterocycles. The van der Waals surface area contributed by atoms with Crippen LogP contribution in [0.5, 0.6) is 0 Å². The highest BCUT2D eigenvalue weighted by Gasteiger charge is 2.35. The topological polar surface area (TPSA) is 55.1 Å². The lowest BCUT2D eigenvalue weighted by Gasteiger charge is -2.22. The Morgan fingerprint density at radius 1 is 1.26 bits per heavy atom. The molecule has 1 aliphatic rings. The maximum Gasteiger partial charge on any atom is 0.225 e. The number of nitrogens with two attached hydrogens (primary N) is 1. The number of benzene rings is 1. The summed E-state index contributed by atoms with van der Waals surface area (Å²) in [7, 11) is 0. The summed E-state index contributed by atoms with van der Waals surface area (Å²) in [6.07, 6.45) is 5.28. The van der Waals surface area contributed by atoms with Crippen molar-refractivity contribution < 1.29 is 4.79 Å². The zero-order valence-electron chi connectivity index (χ0n) is 11.4. The fourth-order valence-electron chi connectivity index (χ4n) is 2.60.